The standard InChI is InChI=1S/C17H20ClN3O.2ClH/c1-10(8-19)9-20-17(22)14-7-16(11-2-3-11)21-15-5-4-12(18)6-13(14)15;;/h4-7,10-11H,2-3,8-9,19H2,1H3,(H,20,22);2*1H. The summed E-state index contributed by atoms with van der Waals surface area (Å²) < 4.78 is 0. The van der Waals surface area contributed by atoms with Crippen LogP contribution in [0.2, 0.25) is 5.02 Å². The molecule has 2 aromatic rings. The lowest BCUT2D eigenvalue weighted by Gasteiger charge is -2.13. The van der Waals surface area contributed by atoms with Crippen LogP contribution in [0.4, 0.5) is 0 Å². The fourth-order valence-electron chi connectivity index (χ4n) is 2.44. The van der Waals surface area contributed by atoms with E-state index in [1.807, 2.05) is 31.2 Å². The quantitative estimate of drug-likeness (QED) is 0.812. The van der Waals surface area contributed by atoms with E-state index >= 15 is 0 Å². The van der Waals surface area contributed by atoms with Crippen LogP contribution < -0.4 is 11.1 Å². The number of fused-ring (bicyclic) bond motifs is 1. The average Bonchev–Trinajstić information content (AvgIpc) is 3.36. The first-order valence-electron chi connectivity index (χ1n) is 7.67. The maximum Gasteiger partial charge on any atom is 0.252 e. The first-order valence-corrected chi connectivity index (χ1v) is 8.04. The SMILES string of the molecule is CC(CN)CNC(=O)c1cc(C2CC2)nc2ccc(Cl)cc12.Cl.Cl. The van der Waals surface area contributed by atoms with Gasteiger partial charge in [0.2, 0.25) is 0 Å². The summed E-state index contributed by atoms with van der Waals surface area (Å²) >= 11 is 6.08. The zero-order valence-electron chi connectivity index (χ0n) is 13.4. The molecule has 1 atom stereocenters. The van der Waals surface area contributed by atoms with Crippen LogP contribution in [-0.2, 0) is 0 Å². The fourth-order valence-corrected chi connectivity index (χ4v) is 2.61. The molecule has 0 radical (unpaired) electrons. The molecule has 24 heavy (non-hydrogen) atoms. The predicted molar refractivity (Wildman–Crippen MR) is 104 cm³/mol. The molecule has 1 unspecified atom stereocenters. The fraction of sp³-hybridized carbons (Fsp3) is 0.412. The molecule has 0 saturated heterocycles. The van der Waals surface area contributed by atoms with Crippen LogP contribution in [0.25, 0.3) is 10.9 Å². The molecule has 0 aliphatic heterocycles. The maximum absolute atomic E-state index is 12.6. The van der Waals surface area contributed by atoms with Crippen molar-refractivity contribution in [3.8, 4) is 0 Å². The molecule has 0 bridgehead atoms. The highest BCUT2D eigenvalue weighted by atomic mass is 35.5. The molecule has 0 spiro atoms. The third-order valence-electron chi connectivity index (χ3n) is 4.04. The highest BCUT2D eigenvalue weighted by molar-refractivity contribution is 6.31. The summed E-state index contributed by atoms with van der Waals surface area (Å²) in [5, 5.41) is 4.37. The van der Waals surface area contributed by atoms with Crippen molar-refractivity contribution in [3.05, 3.63) is 40.5 Å². The van der Waals surface area contributed by atoms with Gasteiger partial charge in [0.1, 0.15) is 0 Å². The molecule has 1 heterocycles. The topological polar surface area (TPSA) is 68.0 Å². The van der Waals surface area contributed by atoms with Gasteiger partial charge in [-0.3, -0.25) is 9.78 Å². The molecule has 1 aliphatic rings. The van der Waals surface area contributed by atoms with Crippen molar-refractivity contribution in [2.24, 2.45) is 11.7 Å². The number of rotatable bonds is 5. The summed E-state index contributed by atoms with van der Waals surface area (Å²) in [6, 6.07) is 7.41. The molecule has 3 N–H and O–H groups in total. The minimum atomic E-state index is -0.0862. The van der Waals surface area contributed by atoms with E-state index in [4.69, 9.17) is 17.3 Å². The molecule has 3 rings (SSSR count). The van der Waals surface area contributed by atoms with Gasteiger partial charge in [0.05, 0.1) is 11.1 Å². The number of carbonyl (C=O) groups excluding carboxylic acids is 1. The van der Waals surface area contributed by atoms with Crippen LogP contribution in [0.5, 0.6) is 0 Å². The molecule has 4 nitrogen and oxygen atoms in total. The third-order valence-corrected chi connectivity index (χ3v) is 4.28. The molecular formula is C17H22Cl3N3O. The van der Waals surface area contributed by atoms with Crippen molar-refractivity contribution in [3.63, 3.8) is 0 Å². The second-order valence-electron chi connectivity index (χ2n) is 6.08. The number of aromatic nitrogens is 1. The van der Waals surface area contributed by atoms with Crippen molar-refractivity contribution in [2.45, 2.75) is 25.7 Å². The van der Waals surface area contributed by atoms with Crippen molar-refractivity contribution >= 4 is 53.2 Å². The number of hydrogen-bond donors (Lipinski definition) is 2. The van der Waals surface area contributed by atoms with Gasteiger partial charge in [-0.05, 0) is 49.6 Å². The number of pyridine rings is 1. The number of nitrogens with zero attached hydrogens (tertiary/aromatic N) is 1. The lowest BCUT2D eigenvalue weighted by Crippen LogP contribution is -2.31. The zero-order chi connectivity index (χ0) is 15.7. The molecule has 1 aromatic carbocycles. The minimum absolute atomic E-state index is 0. The largest absolute Gasteiger partial charge is 0.352 e. The summed E-state index contributed by atoms with van der Waals surface area (Å²) in [6.45, 7) is 3.13. The van der Waals surface area contributed by atoms with Crippen molar-refractivity contribution in [1.82, 2.24) is 10.3 Å². The molecular weight excluding hydrogens is 369 g/mol. The molecule has 1 amide bonds. The van der Waals surface area contributed by atoms with Gasteiger partial charge in [0.15, 0.2) is 0 Å². The molecule has 132 valence electrons. The summed E-state index contributed by atoms with van der Waals surface area (Å²) in [5.41, 5.74) is 8.08. The maximum atomic E-state index is 12.6. The van der Waals surface area contributed by atoms with Gasteiger partial charge in [-0.25, -0.2) is 0 Å². The smallest absolute Gasteiger partial charge is 0.252 e. The molecule has 1 aromatic heterocycles. The Morgan fingerprint density at radius 1 is 1.38 bits per heavy atom. The number of amides is 1. The van der Waals surface area contributed by atoms with Gasteiger partial charge < -0.3 is 11.1 Å². The van der Waals surface area contributed by atoms with Gasteiger partial charge in [-0.1, -0.05) is 18.5 Å². The summed E-state index contributed by atoms with van der Waals surface area (Å²) in [4.78, 5) is 17.2. The highest BCUT2D eigenvalue weighted by Gasteiger charge is 2.27. The van der Waals surface area contributed by atoms with E-state index in [2.05, 4.69) is 10.3 Å². The summed E-state index contributed by atoms with van der Waals surface area (Å²) in [7, 11) is 0. The zero-order valence-corrected chi connectivity index (χ0v) is 15.8. The van der Waals surface area contributed by atoms with E-state index in [0.717, 1.165) is 29.4 Å². The Balaban J connectivity index is 0.00000144. The van der Waals surface area contributed by atoms with Gasteiger partial charge >= 0.3 is 0 Å². The number of nitrogens with one attached hydrogen (secondary N) is 1. The summed E-state index contributed by atoms with van der Waals surface area (Å²) in [6.07, 6.45) is 2.30. The molecule has 1 fully saturated rings. The Morgan fingerprint density at radius 2 is 2.08 bits per heavy atom. The van der Waals surface area contributed by atoms with E-state index < -0.39 is 0 Å². The van der Waals surface area contributed by atoms with Crippen molar-refractivity contribution in [1.29, 1.82) is 0 Å². The van der Waals surface area contributed by atoms with E-state index in [9.17, 15) is 4.79 Å². The van der Waals surface area contributed by atoms with Gasteiger partial charge in [-0.15, -0.1) is 24.8 Å². The van der Waals surface area contributed by atoms with Crippen LogP contribution in [0.3, 0.4) is 0 Å². The Kier molecular flexibility index (Phi) is 7.74. The normalized spacial score (nSPS) is 14.5. The summed E-state index contributed by atoms with van der Waals surface area (Å²) in [5.74, 6) is 0.662. The number of benzene rings is 1. The minimum Gasteiger partial charge on any atom is -0.352 e. The van der Waals surface area contributed by atoms with Crippen LogP contribution in [-0.4, -0.2) is 24.0 Å². The van der Waals surface area contributed by atoms with Gasteiger partial charge in [-0.2, -0.15) is 0 Å². The Hall–Kier alpha value is -1.07. The third kappa shape index (κ3) is 4.73. The van der Waals surface area contributed by atoms with Gasteiger partial charge in [0.25, 0.3) is 5.91 Å². The number of hydrogen-bond acceptors (Lipinski definition) is 3. The van der Waals surface area contributed by atoms with E-state index in [1.54, 1.807) is 0 Å². The number of halogens is 3. The van der Waals surface area contributed by atoms with E-state index in [1.165, 1.54) is 0 Å². The Morgan fingerprint density at radius 3 is 2.71 bits per heavy atom. The van der Waals surface area contributed by atoms with Crippen LogP contribution in [0, 0.1) is 5.92 Å². The van der Waals surface area contributed by atoms with E-state index in [0.29, 0.717) is 29.6 Å². The molecule has 1 aliphatic carbocycles. The molecule has 1 saturated carbocycles. The lowest BCUT2D eigenvalue weighted by molar-refractivity contribution is 0.0950. The Labute approximate surface area is 159 Å². The monoisotopic (exact) mass is 389 g/mol. The lowest BCUT2D eigenvalue weighted by atomic mass is 10.0. The second kappa shape index (κ2) is 8.86. The second-order valence-corrected chi connectivity index (χ2v) is 6.52. The molecule has 7 heteroatoms. The highest BCUT2D eigenvalue weighted by Crippen LogP contribution is 2.40. The van der Waals surface area contributed by atoms with Gasteiger partial charge in [0, 0.05) is 28.6 Å². The first-order chi connectivity index (χ1) is 10.6. The number of nitrogens with two attached hydrogens (primary N) is 1. The van der Waals surface area contributed by atoms with Crippen LogP contribution in [0.15, 0.2) is 24.3 Å². The average molecular weight is 391 g/mol. The van der Waals surface area contributed by atoms with Crippen LogP contribution >= 0.6 is 36.4 Å². The van der Waals surface area contributed by atoms with Crippen molar-refractivity contribution in [2.75, 3.05) is 13.1 Å². The Bertz CT molecular complexity index is 720. The first kappa shape index (κ1) is 21.0. The predicted octanol–water partition coefficient (Wildman–Crippen LogP) is 3.93. The van der Waals surface area contributed by atoms with Crippen molar-refractivity contribution < 1.29 is 4.79 Å². The van der Waals surface area contributed by atoms with E-state index in [-0.39, 0.29) is 36.6 Å². The van der Waals surface area contributed by atoms with Crippen LogP contribution in [0.1, 0.15) is 41.7 Å². The number of carbonyl (C=O) groups is 1.